The summed E-state index contributed by atoms with van der Waals surface area (Å²) in [5.74, 6) is 1.76. The number of hydrogen-bond donors (Lipinski definition) is 0. The standard InChI is InChI=1S/C29H27N3O4/c1-18-21(20-7-3-2-4-8-20)14-26-29(36-27(31-26)23-9-5-6-12-30-23)15-22(18)28(33)32(29)16-19-10-11-24-25(13-19)35-17-34-24/h2-13,18,21-22,27H,14-17H2,1H3/t18-,21+,22+,27-,29+/m1/s1. The van der Waals surface area contributed by atoms with Crippen molar-refractivity contribution < 1.29 is 19.0 Å². The van der Waals surface area contributed by atoms with Gasteiger partial charge in [-0.2, -0.15) is 0 Å². The Hall–Kier alpha value is -3.71. The average Bonchev–Trinajstić information content (AvgIpc) is 3.58. The molecule has 5 atom stereocenters. The highest BCUT2D eigenvalue weighted by molar-refractivity contribution is 6.01. The zero-order chi connectivity index (χ0) is 24.3. The fraction of sp³-hybridized carbons (Fsp3) is 0.345. The Bertz CT molecular complexity index is 1350. The Kier molecular flexibility index (Phi) is 4.89. The second kappa shape index (κ2) is 8.17. The topological polar surface area (TPSA) is 73.2 Å². The lowest BCUT2D eigenvalue weighted by Gasteiger charge is -2.37. The molecule has 1 aliphatic carbocycles. The van der Waals surface area contributed by atoms with Crippen LogP contribution in [0.4, 0.5) is 0 Å². The maximum Gasteiger partial charge on any atom is 0.231 e. The second-order valence-electron chi connectivity index (χ2n) is 10.1. The summed E-state index contributed by atoms with van der Waals surface area (Å²) in [5, 5.41) is 0. The Balaban J connectivity index is 1.30. The molecule has 1 aromatic heterocycles. The van der Waals surface area contributed by atoms with Gasteiger partial charge in [0.15, 0.2) is 23.5 Å². The van der Waals surface area contributed by atoms with Gasteiger partial charge in [-0.15, -0.1) is 0 Å². The van der Waals surface area contributed by atoms with Gasteiger partial charge >= 0.3 is 0 Å². The summed E-state index contributed by atoms with van der Waals surface area (Å²) < 4.78 is 17.8. The number of fused-ring (bicyclic) bond motifs is 2. The van der Waals surface area contributed by atoms with E-state index >= 15 is 0 Å². The Morgan fingerprint density at radius 3 is 2.67 bits per heavy atom. The molecule has 7 rings (SSSR count). The molecule has 4 heterocycles. The van der Waals surface area contributed by atoms with Gasteiger partial charge in [-0.1, -0.05) is 49.4 Å². The molecule has 182 valence electrons. The molecule has 1 saturated carbocycles. The first-order valence-electron chi connectivity index (χ1n) is 12.5. The third-order valence-corrected chi connectivity index (χ3v) is 8.18. The van der Waals surface area contributed by atoms with Crippen LogP contribution in [0.15, 0.2) is 77.9 Å². The number of aliphatic imine (C=N–C) groups is 1. The van der Waals surface area contributed by atoms with Crippen molar-refractivity contribution >= 4 is 11.6 Å². The van der Waals surface area contributed by atoms with Gasteiger partial charge in [-0.25, -0.2) is 0 Å². The van der Waals surface area contributed by atoms with Crippen molar-refractivity contribution in [3.63, 3.8) is 0 Å². The largest absolute Gasteiger partial charge is 0.454 e. The summed E-state index contributed by atoms with van der Waals surface area (Å²) in [6.45, 7) is 2.84. The molecule has 7 nitrogen and oxygen atoms in total. The smallest absolute Gasteiger partial charge is 0.231 e. The third kappa shape index (κ3) is 3.26. The first-order chi connectivity index (χ1) is 17.6. The van der Waals surface area contributed by atoms with Gasteiger partial charge < -0.3 is 19.1 Å². The van der Waals surface area contributed by atoms with E-state index in [4.69, 9.17) is 19.2 Å². The SMILES string of the molecule is C[C@H]1[C@@H]2C[C@@]3(O[C@H](c4ccccn4)N=C3C[C@@H]1c1ccccc1)N(Cc1ccc3c(c1)OCO3)C2=O. The minimum absolute atomic E-state index is 0.121. The van der Waals surface area contributed by atoms with Crippen molar-refractivity contribution in [2.24, 2.45) is 16.8 Å². The van der Waals surface area contributed by atoms with Crippen molar-refractivity contribution in [2.75, 3.05) is 6.79 Å². The van der Waals surface area contributed by atoms with Crippen LogP contribution in [0.3, 0.4) is 0 Å². The molecule has 0 N–H and O–H groups in total. The molecule has 1 saturated heterocycles. The molecule has 0 radical (unpaired) electrons. The first-order valence-corrected chi connectivity index (χ1v) is 12.5. The molecule has 36 heavy (non-hydrogen) atoms. The molecule has 7 heteroatoms. The summed E-state index contributed by atoms with van der Waals surface area (Å²) >= 11 is 0. The molecule has 1 amide bonds. The highest BCUT2D eigenvalue weighted by Gasteiger charge is 2.62. The Morgan fingerprint density at radius 1 is 1.00 bits per heavy atom. The van der Waals surface area contributed by atoms with E-state index in [1.54, 1.807) is 6.20 Å². The molecule has 2 aromatic carbocycles. The van der Waals surface area contributed by atoms with E-state index in [1.165, 1.54) is 5.56 Å². The van der Waals surface area contributed by atoms with Crippen LogP contribution in [0.5, 0.6) is 11.5 Å². The average molecular weight is 482 g/mol. The minimum atomic E-state index is -0.877. The van der Waals surface area contributed by atoms with Gasteiger partial charge in [-0.3, -0.25) is 14.8 Å². The van der Waals surface area contributed by atoms with Crippen LogP contribution in [-0.4, -0.2) is 34.0 Å². The number of carbonyl (C=O) groups excluding carboxylic acids is 1. The number of nitrogens with zero attached hydrogens (tertiary/aromatic N) is 3. The number of benzene rings is 2. The minimum Gasteiger partial charge on any atom is -0.454 e. The van der Waals surface area contributed by atoms with Gasteiger partial charge in [0.25, 0.3) is 0 Å². The summed E-state index contributed by atoms with van der Waals surface area (Å²) in [7, 11) is 0. The predicted molar refractivity (Wildman–Crippen MR) is 132 cm³/mol. The molecule has 1 spiro atoms. The van der Waals surface area contributed by atoms with Crippen LogP contribution in [0.1, 0.15) is 48.7 Å². The van der Waals surface area contributed by atoms with E-state index in [-0.39, 0.29) is 30.5 Å². The number of likely N-dealkylation sites (tertiary alicyclic amines) is 1. The number of carbonyl (C=O) groups is 1. The van der Waals surface area contributed by atoms with Gasteiger partial charge in [0, 0.05) is 25.1 Å². The zero-order valence-electron chi connectivity index (χ0n) is 20.0. The molecular weight excluding hydrogens is 454 g/mol. The van der Waals surface area contributed by atoms with Crippen LogP contribution in [-0.2, 0) is 16.1 Å². The second-order valence-corrected chi connectivity index (χ2v) is 10.1. The lowest BCUT2D eigenvalue weighted by molar-refractivity contribution is -0.151. The lowest BCUT2D eigenvalue weighted by Crippen LogP contribution is -2.52. The predicted octanol–water partition coefficient (Wildman–Crippen LogP) is 4.85. The van der Waals surface area contributed by atoms with E-state index in [9.17, 15) is 4.79 Å². The number of amides is 1. The molecule has 3 aromatic rings. The summed E-state index contributed by atoms with van der Waals surface area (Å²) in [4.78, 5) is 25.6. The summed E-state index contributed by atoms with van der Waals surface area (Å²) in [6.07, 6.45) is 2.57. The van der Waals surface area contributed by atoms with E-state index in [1.807, 2.05) is 47.4 Å². The fourth-order valence-corrected chi connectivity index (χ4v) is 6.28. The van der Waals surface area contributed by atoms with Crippen LogP contribution in [0, 0.1) is 11.8 Å². The highest BCUT2D eigenvalue weighted by Crippen LogP contribution is 2.54. The van der Waals surface area contributed by atoms with Crippen molar-refractivity contribution in [3.05, 3.63) is 89.7 Å². The molecule has 0 unspecified atom stereocenters. The number of rotatable bonds is 4. The van der Waals surface area contributed by atoms with Gasteiger partial charge in [0.1, 0.15) is 0 Å². The van der Waals surface area contributed by atoms with Crippen LogP contribution in [0.2, 0.25) is 0 Å². The molecular formula is C29H27N3O4. The Morgan fingerprint density at radius 2 is 1.83 bits per heavy atom. The number of pyridine rings is 1. The monoisotopic (exact) mass is 481 g/mol. The fourth-order valence-electron chi connectivity index (χ4n) is 6.28. The van der Waals surface area contributed by atoms with Crippen molar-refractivity contribution in [1.29, 1.82) is 0 Å². The van der Waals surface area contributed by atoms with Crippen molar-refractivity contribution in [1.82, 2.24) is 9.88 Å². The van der Waals surface area contributed by atoms with Crippen LogP contribution in [0.25, 0.3) is 0 Å². The van der Waals surface area contributed by atoms with E-state index in [2.05, 4.69) is 36.2 Å². The number of hydrogen-bond acceptors (Lipinski definition) is 6. The summed E-state index contributed by atoms with van der Waals surface area (Å²) in [6, 6.07) is 22.1. The van der Waals surface area contributed by atoms with Crippen molar-refractivity contribution in [2.45, 2.75) is 44.2 Å². The molecule has 2 fully saturated rings. The third-order valence-electron chi connectivity index (χ3n) is 8.18. The van der Waals surface area contributed by atoms with Crippen molar-refractivity contribution in [3.8, 4) is 11.5 Å². The van der Waals surface area contributed by atoms with Crippen LogP contribution < -0.4 is 9.47 Å². The Labute approximate surface area is 209 Å². The highest BCUT2D eigenvalue weighted by atomic mass is 16.7. The normalized spacial score (nSPS) is 30.2. The van der Waals surface area contributed by atoms with E-state index in [0.717, 1.165) is 29.1 Å². The molecule has 3 aliphatic heterocycles. The quantitative estimate of drug-likeness (QED) is 0.533. The molecule has 2 bridgehead atoms. The van der Waals surface area contributed by atoms with Crippen LogP contribution >= 0.6 is 0 Å². The summed E-state index contributed by atoms with van der Waals surface area (Å²) in [5.41, 5.74) is 3.04. The van der Waals surface area contributed by atoms with Gasteiger partial charge in [0.2, 0.25) is 12.7 Å². The van der Waals surface area contributed by atoms with E-state index < -0.39 is 12.0 Å². The number of aromatic nitrogens is 1. The van der Waals surface area contributed by atoms with Gasteiger partial charge in [-0.05, 0) is 53.6 Å². The van der Waals surface area contributed by atoms with E-state index in [0.29, 0.717) is 18.7 Å². The number of ether oxygens (including phenoxy) is 3. The zero-order valence-corrected chi connectivity index (χ0v) is 20.0. The maximum absolute atomic E-state index is 14.1. The van der Waals surface area contributed by atoms with Gasteiger partial charge in [0.05, 0.1) is 11.4 Å². The maximum atomic E-state index is 14.1. The first kappa shape index (κ1) is 21.6. The molecule has 4 aliphatic rings. The lowest BCUT2D eigenvalue weighted by atomic mass is 9.78.